The predicted octanol–water partition coefficient (Wildman–Crippen LogP) is 19.9. The molecule has 2 heterocycles. The normalized spacial score (nSPS) is 11.9. The highest BCUT2D eigenvalue weighted by atomic mass is 32.3. The van der Waals surface area contributed by atoms with Crippen LogP contribution in [0.15, 0.2) is 323 Å². The fourth-order valence-corrected chi connectivity index (χ4v) is 15.6. The Morgan fingerprint density at radius 3 is 1.01 bits per heavy atom. The molecule has 0 fully saturated rings. The van der Waals surface area contributed by atoms with Crippen molar-refractivity contribution >= 4 is 53.6 Å². The van der Waals surface area contributed by atoms with Gasteiger partial charge in [0.05, 0.1) is 27.8 Å². The topological polar surface area (TPSA) is 9.86 Å². The molecule has 0 aliphatic rings. The van der Waals surface area contributed by atoms with Crippen molar-refractivity contribution in [3.8, 4) is 55.9 Å². The Bertz CT molecular complexity index is 4160. The van der Waals surface area contributed by atoms with Gasteiger partial charge in [0.15, 0.2) is 0 Å². The average molecular weight is 975 g/mol. The van der Waals surface area contributed by atoms with E-state index in [2.05, 4.69) is 312 Å². The predicted molar refractivity (Wildman–Crippen MR) is 317 cm³/mol. The van der Waals surface area contributed by atoms with Crippen LogP contribution in [0, 0.1) is 0 Å². The summed E-state index contributed by atoms with van der Waals surface area (Å²) in [4.78, 5) is 5.04. The molecule has 12 aromatic carbocycles. The van der Waals surface area contributed by atoms with E-state index in [1.54, 1.807) is 0 Å². The SMILES string of the molecule is c1ccc(-c2cc(-c3ccccc3)cc(S(c3ccccc3)(c3ccccc3)c3cc(-c4ccccc4)c(-n4c5ccccc5c5cc(-n6c7ccccc7c7ccccc76)ccc54)c(-c4ccccc4)c3)c2)cc1. The van der Waals surface area contributed by atoms with Crippen molar-refractivity contribution in [3.63, 3.8) is 0 Å². The standard InChI is InChI=1S/C72H50N2S/c1-7-25-51(26-8-1)55-45-56(52-27-9-2-10-28-52)47-60(46-55)75(58-33-15-5-16-34-58,59-35-17-6-18-36-59)61-49-65(53-29-11-3-12-30-53)72(66(50-61)54-31-13-4-14-32-54)74-70-42-24-21-39-64(70)67-48-57(43-44-71(67)74)73-68-40-22-19-37-62(68)63-38-20-23-41-69(63)73/h1-50H. The van der Waals surface area contributed by atoms with Crippen LogP contribution in [0.25, 0.3) is 99.5 Å². The molecule has 0 unspecified atom stereocenters. The van der Waals surface area contributed by atoms with E-state index in [9.17, 15) is 0 Å². The highest BCUT2D eigenvalue weighted by Gasteiger charge is 2.36. The lowest BCUT2D eigenvalue weighted by Gasteiger charge is -2.43. The smallest absolute Gasteiger partial charge is 0.0619 e. The molecule has 0 radical (unpaired) electrons. The van der Waals surface area contributed by atoms with Gasteiger partial charge in [0.1, 0.15) is 0 Å². The minimum absolute atomic E-state index is 1.14. The van der Waals surface area contributed by atoms with Crippen LogP contribution in [0.1, 0.15) is 0 Å². The summed E-state index contributed by atoms with van der Waals surface area (Å²) in [5.74, 6) is 0. The maximum atomic E-state index is 2.56. The highest BCUT2D eigenvalue weighted by Crippen LogP contribution is 2.75. The third-order valence-corrected chi connectivity index (χ3v) is 18.8. The zero-order chi connectivity index (χ0) is 49.7. The van der Waals surface area contributed by atoms with Gasteiger partial charge in [-0.2, -0.15) is 0 Å². The fraction of sp³-hybridized carbons (Fsp3) is 0. The summed E-state index contributed by atoms with van der Waals surface area (Å²) in [5, 5.41) is 4.91. The molecule has 0 spiro atoms. The van der Waals surface area contributed by atoms with Gasteiger partial charge in [-0.3, -0.25) is 0 Å². The Morgan fingerprint density at radius 1 is 0.213 bits per heavy atom. The molecule has 0 bridgehead atoms. The van der Waals surface area contributed by atoms with E-state index in [-0.39, 0.29) is 0 Å². The number of hydrogen-bond donors (Lipinski definition) is 0. The van der Waals surface area contributed by atoms with E-state index in [1.807, 2.05) is 0 Å². The first-order valence-electron chi connectivity index (χ1n) is 25.7. The quantitative estimate of drug-likeness (QED) is 0.129. The van der Waals surface area contributed by atoms with Crippen molar-refractivity contribution in [1.29, 1.82) is 0 Å². The number of rotatable bonds is 10. The zero-order valence-corrected chi connectivity index (χ0v) is 42.0. The maximum Gasteiger partial charge on any atom is 0.0619 e. The van der Waals surface area contributed by atoms with Gasteiger partial charge >= 0.3 is 0 Å². The Kier molecular flexibility index (Phi) is 11.0. The van der Waals surface area contributed by atoms with Gasteiger partial charge in [-0.15, -0.1) is 10.0 Å². The van der Waals surface area contributed by atoms with E-state index in [1.165, 1.54) is 74.4 Å². The largest absolute Gasteiger partial charge is 0.309 e. The molecule has 0 N–H and O–H groups in total. The van der Waals surface area contributed by atoms with Crippen LogP contribution < -0.4 is 0 Å². The van der Waals surface area contributed by atoms with E-state index in [0.29, 0.717) is 0 Å². The second kappa shape index (κ2) is 18.6. The van der Waals surface area contributed by atoms with Crippen LogP contribution >= 0.6 is 10.0 Å². The summed E-state index contributed by atoms with van der Waals surface area (Å²) in [6, 6.07) is 113. The first kappa shape index (κ1) is 44.3. The summed E-state index contributed by atoms with van der Waals surface area (Å²) in [6.07, 6.45) is 0. The number of aromatic nitrogens is 2. The first-order chi connectivity index (χ1) is 37.2. The van der Waals surface area contributed by atoms with Crippen LogP contribution in [0.3, 0.4) is 0 Å². The molecular weight excluding hydrogens is 925 g/mol. The van der Waals surface area contributed by atoms with E-state index >= 15 is 0 Å². The summed E-state index contributed by atoms with van der Waals surface area (Å²) in [7, 11) is -2.28. The van der Waals surface area contributed by atoms with E-state index in [4.69, 9.17) is 0 Å². The molecule has 14 aromatic rings. The van der Waals surface area contributed by atoms with Gasteiger partial charge < -0.3 is 9.13 Å². The van der Waals surface area contributed by atoms with Crippen LogP contribution in [-0.2, 0) is 0 Å². The van der Waals surface area contributed by atoms with E-state index in [0.717, 1.165) is 44.7 Å². The Hall–Kier alpha value is -9.41. The summed E-state index contributed by atoms with van der Waals surface area (Å²) < 4.78 is 4.99. The number of para-hydroxylation sites is 3. The molecule has 2 nitrogen and oxygen atoms in total. The molecular formula is C72H50N2S. The molecule has 354 valence electrons. The van der Waals surface area contributed by atoms with Crippen molar-refractivity contribution in [2.24, 2.45) is 0 Å². The lowest BCUT2D eigenvalue weighted by molar-refractivity contribution is 1.16. The van der Waals surface area contributed by atoms with Crippen molar-refractivity contribution in [3.05, 3.63) is 303 Å². The number of nitrogens with zero attached hydrogens (tertiary/aromatic N) is 2. The maximum absolute atomic E-state index is 2.56. The van der Waals surface area contributed by atoms with Gasteiger partial charge in [0.25, 0.3) is 0 Å². The molecule has 14 rings (SSSR count). The first-order valence-corrected chi connectivity index (χ1v) is 27.4. The zero-order valence-electron chi connectivity index (χ0n) is 41.2. The van der Waals surface area contributed by atoms with E-state index < -0.39 is 10.0 Å². The Labute approximate surface area is 439 Å². The molecule has 0 amide bonds. The molecule has 75 heavy (non-hydrogen) atoms. The fourth-order valence-electron chi connectivity index (χ4n) is 11.7. The van der Waals surface area contributed by atoms with Crippen molar-refractivity contribution in [2.45, 2.75) is 19.6 Å². The van der Waals surface area contributed by atoms with Gasteiger partial charge in [-0.05, 0) is 124 Å². The van der Waals surface area contributed by atoms with Crippen LogP contribution in [0.5, 0.6) is 0 Å². The third kappa shape index (κ3) is 7.43. The van der Waals surface area contributed by atoms with Gasteiger partial charge in [-0.25, -0.2) is 0 Å². The molecule has 0 aliphatic carbocycles. The monoisotopic (exact) mass is 974 g/mol. The minimum Gasteiger partial charge on any atom is -0.309 e. The molecule has 0 saturated carbocycles. The second-order valence-electron chi connectivity index (χ2n) is 19.2. The van der Waals surface area contributed by atoms with Gasteiger partial charge in [0, 0.05) is 57.9 Å². The average Bonchev–Trinajstić information content (AvgIpc) is 4.02. The Morgan fingerprint density at radius 2 is 0.560 bits per heavy atom. The second-order valence-corrected chi connectivity index (χ2v) is 22.3. The van der Waals surface area contributed by atoms with Crippen LogP contribution in [0.2, 0.25) is 0 Å². The lowest BCUT2D eigenvalue weighted by atomic mass is 9.95. The number of hydrogen-bond acceptors (Lipinski definition) is 0. The summed E-state index contributed by atoms with van der Waals surface area (Å²) in [5.41, 5.74) is 16.3. The minimum atomic E-state index is -2.28. The van der Waals surface area contributed by atoms with Crippen molar-refractivity contribution in [2.75, 3.05) is 0 Å². The lowest BCUT2D eigenvalue weighted by Crippen LogP contribution is -2.08. The molecule has 3 heteroatoms. The third-order valence-electron chi connectivity index (χ3n) is 15.0. The van der Waals surface area contributed by atoms with Gasteiger partial charge in [-0.1, -0.05) is 212 Å². The summed E-state index contributed by atoms with van der Waals surface area (Å²) >= 11 is 0. The molecule has 0 atom stereocenters. The van der Waals surface area contributed by atoms with Crippen molar-refractivity contribution < 1.29 is 0 Å². The molecule has 2 aromatic heterocycles. The van der Waals surface area contributed by atoms with Crippen molar-refractivity contribution in [1.82, 2.24) is 9.13 Å². The highest BCUT2D eigenvalue weighted by molar-refractivity contribution is 8.34. The number of fused-ring (bicyclic) bond motifs is 6. The van der Waals surface area contributed by atoms with Crippen LogP contribution in [0.4, 0.5) is 0 Å². The summed E-state index contributed by atoms with van der Waals surface area (Å²) in [6.45, 7) is 0. The molecule has 0 aliphatic heterocycles. The Balaban J connectivity index is 1.12. The number of benzene rings is 12. The van der Waals surface area contributed by atoms with Crippen LogP contribution in [-0.4, -0.2) is 9.13 Å². The van der Waals surface area contributed by atoms with Gasteiger partial charge in [0.2, 0.25) is 0 Å². The molecule has 0 saturated heterocycles.